The van der Waals surface area contributed by atoms with Crippen LogP contribution < -0.4 is 10.6 Å². The number of amides is 2. The summed E-state index contributed by atoms with van der Waals surface area (Å²) in [5, 5.41) is 23.6. The second kappa shape index (κ2) is 22.0. The minimum Gasteiger partial charge on any atom is -0.478 e. The molecule has 0 saturated heterocycles. The van der Waals surface area contributed by atoms with Crippen LogP contribution in [0.4, 0.5) is 11.4 Å². The fraction of sp³-hybridized carbons (Fsp3) is 0.444. The van der Waals surface area contributed by atoms with Gasteiger partial charge in [-0.25, -0.2) is 9.59 Å². The Morgan fingerprint density at radius 2 is 0.886 bits per heavy atom. The molecule has 0 spiro atoms. The molecule has 0 aliphatic heterocycles. The first-order chi connectivity index (χ1) is 21.3. The van der Waals surface area contributed by atoms with E-state index in [1.54, 1.807) is 24.3 Å². The highest BCUT2D eigenvalue weighted by atomic mass is 16.4. The fourth-order valence-electron chi connectivity index (χ4n) is 4.53. The average molecular weight is 601 g/mol. The number of carbonyl (C=O) groups is 4. The molecule has 0 atom stereocenters. The van der Waals surface area contributed by atoms with E-state index in [4.69, 9.17) is 10.2 Å². The Morgan fingerprint density at radius 1 is 0.523 bits per heavy atom. The van der Waals surface area contributed by atoms with Crippen molar-refractivity contribution in [3.8, 4) is 23.7 Å². The maximum absolute atomic E-state index is 12.1. The third-order valence-electron chi connectivity index (χ3n) is 6.94. The first kappa shape index (κ1) is 35.6. The molecular formula is C36H44N2O6. The number of carboxylic acids is 2. The Hall–Kier alpha value is -4.56. The molecule has 44 heavy (non-hydrogen) atoms. The molecule has 234 valence electrons. The molecule has 0 saturated carbocycles. The largest absolute Gasteiger partial charge is 0.478 e. The van der Waals surface area contributed by atoms with Crippen LogP contribution in [0.3, 0.4) is 0 Å². The van der Waals surface area contributed by atoms with E-state index in [-0.39, 0.29) is 22.9 Å². The molecule has 4 N–H and O–H groups in total. The van der Waals surface area contributed by atoms with E-state index in [1.165, 1.54) is 24.3 Å². The molecule has 0 aromatic heterocycles. The number of hydrogen-bond acceptors (Lipinski definition) is 4. The van der Waals surface area contributed by atoms with E-state index >= 15 is 0 Å². The number of unbranched alkanes of at least 4 members (excludes halogenated alkanes) is 12. The molecule has 2 aromatic carbocycles. The summed E-state index contributed by atoms with van der Waals surface area (Å²) in [6, 6.07) is 12.5. The lowest BCUT2D eigenvalue weighted by atomic mass is 10.1. The molecule has 0 bridgehead atoms. The van der Waals surface area contributed by atoms with Crippen LogP contribution in [-0.4, -0.2) is 34.0 Å². The standard InChI is InChI=1S/C36H44N2O6/c39-33(37-31-23-19-21-29(27-31)35(41)42)25-17-15-13-11-9-7-5-3-1-2-4-6-8-10-12-14-16-18-26-34(40)38-32-24-20-22-30(28-32)36(43)44/h19-24,27-28H,5-18,25-26H2,(H,37,39)(H,38,40)(H,41,42)(H,43,44). The van der Waals surface area contributed by atoms with Crippen molar-refractivity contribution < 1.29 is 29.4 Å². The number of nitrogens with one attached hydrogen (secondary N) is 2. The number of rotatable bonds is 20. The number of carbonyl (C=O) groups excluding carboxylic acids is 2. The van der Waals surface area contributed by atoms with Crippen molar-refractivity contribution in [3.05, 3.63) is 59.7 Å². The van der Waals surface area contributed by atoms with Crippen molar-refractivity contribution in [1.29, 1.82) is 0 Å². The SMILES string of the molecule is O=C(CCCCCCCCC#CC#CCCCCCCCCC(=O)Nc1cccc(C(=O)O)c1)Nc1cccc(C(=O)O)c1. The van der Waals surface area contributed by atoms with Crippen molar-refractivity contribution in [3.63, 3.8) is 0 Å². The van der Waals surface area contributed by atoms with E-state index in [1.807, 2.05) is 0 Å². The highest BCUT2D eigenvalue weighted by Gasteiger charge is 2.07. The highest BCUT2D eigenvalue weighted by molar-refractivity contribution is 5.94. The van der Waals surface area contributed by atoms with Gasteiger partial charge >= 0.3 is 11.9 Å². The smallest absolute Gasteiger partial charge is 0.335 e. The molecule has 2 amide bonds. The summed E-state index contributed by atoms with van der Waals surface area (Å²) in [5.74, 6) is 9.90. The van der Waals surface area contributed by atoms with Gasteiger partial charge in [-0.2, -0.15) is 0 Å². The lowest BCUT2D eigenvalue weighted by Crippen LogP contribution is -2.11. The van der Waals surface area contributed by atoms with E-state index < -0.39 is 11.9 Å². The monoisotopic (exact) mass is 600 g/mol. The Bertz CT molecular complexity index is 1240. The van der Waals surface area contributed by atoms with Gasteiger partial charge in [-0.15, -0.1) is 0 Å². The van der Waals surface area contributed by atoms with Crippen LogP contribution >= 0.6 is 0 Å². The summed E-state index contributed by atoms with van der Waals surface area (Å²) in [6.07, 6.45) is 14.9. The predicted molar refractivity (Wildman–Crippen MR) is 173 cm³/mol. The summed E-state index contributed by atoms with van der Waals surface area (Å²) in [5.41, 5.74) is 1.33. The van der Waals surface area contributed by atoms with Gasteiger partial charge in [0.2, 0.25) is 11.8 Å². The quantitative estimate of drug-likeness (QED) is 0.0902. The van der Waals surface area contributed by atoms with Crippen LogP contribution in [0.1, 0.15) is 123 Å². The Kier molecular flexibility index (Phi) is 17.9. The van der Waals surface area contributed by atoms with Crippen LogP contribution in [-0.2, 0) is 9.59 Å². The Labute approximate surface area is 261 Å². The number of benzene rings is 2. The van der Waals surface area contributed by atoms with E-state index in [0.29, 0.717) is 24.2 Å². The van der Waals surface area contributed by atoms with E-state index in [0.717, 1.165) is 89.9 Å². The van der Waals surface area contributed by atoms with E-state index in [9.17, 15) is 19.2 Å². The maximum atomic E-state index is 12.1. The normalized spacial score (nSPS) is 10.1. The topological polar surface area (TPSA) is 133 Å². The third-order valence-corrected chi connectivity index (χ3v) is 6.94. The second-order valence-corrected chi connectivity index (χ2v) is 10.7. The predicted octanol–water partition coefficient (Wildman–Crippen LogP) is 7.91. The number of carboxylic acid groups (broad SMARTS) is 2. The molecule has 0 aliphatic carbocycles. The zero-order chi connectivity index (χ0) is 31.8. The van der Waals surface area contributed by atoms with Crippen LogP contribution in [0.2, 0.25) is 0 Å². The van der Waals surface area contributed by atoms with Crippen molar-refractivity contribution in [2.45, 2.75) is 103 Å². The first-order valence-electron chi connectivity index (χ1n) is 15.6. The van der Waals surface area contributed by atoms with Gasteiger partial charge in [0.05, 0.1) is 11.1 Å². The van der Waals surface area contributed by atoms with Crippen molar-refractivity contribution in [2.75, 3.05) is 10.6 Å². The Balaban J connectivity index is 1.36. The summed E-state index contributed by atoms with van der Waals surface area (Å²) in [6.45, 7) is 0. The Morgan fingerprint density at radius 3 is 1.27 bits per heavy atom. The van der Waals surface area contributed by atoms with Gasteiger partial charge < -0.3 is 20.8 Å². The maximum Gasteiger partial charge on any atom is 0.335 e. The zero-order valence-electron chi connectivity index (χ0n) is 25.5. The van der Waals surface area contributed by atoms with Crippen LogP contribution in [0.25, 0.3) is 0 Å². The summed E-state index contributed by atoms with van der Waals surface area (Å²) in [4.78, 5) is 46.1. The zero-order valence-corrected chi connectivity index (χ0v) is 25.5. The van der Waals surface area contributed by atoms with Gasteiger partial charge in [-0.3, -0.25) is 9.59 Å². The van der Waals surface area contributed by atoms with Crippen LogP contribution in [0.15, 0.2) is 48.5 Å². The lowest BCUT2D eigenvalue weighted by molar-refractivity contribution is -0.117. The van der Waals surface area contributed by atoms with Gasteiger partial charge in [0, 0.05) is 37.1 Å². The van der Waals surface area contributed by atoms with Crippen molar-refractivity contribution >= 4 is 35.1 Å². The van der Waals surface area contributed by atoms with Gasteiger partial charge in [0.1, 0.15) is 0 Å². The molecule has 0 unspecified atom stereocenters. The average Bonchev–Trinajstić information content (AvgIpc) is 3.00. The third kappa shape index (κ3) is 16.8. The fourth-order valence-corrected chi connectivity index (χ4v) is 4.53. The number of aromatic carboxylic acids is 2. The van der Waals surface area contributed by atoms with E-state index in [2.05, 4.69) is 34.3 Å². The van der Waals surface area contributed by atoms with Gasteiger partial charge in [-0.05, 0) is 73.9 Å². The van der Waals surface area contributed by atoms with Gasteiger partial charge in [0.15, 0.2) is 0 Å². The minimum absolute atomic E-state index is 0.0939. The minimum atomic E-state index is -1.01. The molecular weight excluding hydrogens is 556 g/mol. The van der Waals surface area contributed by atoms with Crippen molar-refractivity contribution in [2.24, 2.45) is 0 Å². The number of hydrogen-bond donors (Lipinski definition) is 4. The van der Waals surface area contributed by atoms with Crippen molar-refractivity contribution in [1.82, 2.24) is 0 Å². The summed E-state index contributed by atoms with van der Waals surface area (Å²) in [7, 11) is 0. The number of anilines is 2. The summed E-state index contributed by atoms with van der Waals surface area (Å²) >= 11 is 0. The molecule has 2 rings (SSSR count). The van der Waals surface area contributed by atoms with Crippen LogP contribution in [0, 0.1) is 23.7 Å². The molecule has 8 heteroatoms. The molecule has 0 radical (unpaired) electrons. The lowest BCUT2D eigenvalue weighted by Gasteiger charge is -2.06. The van der Waals surface area contributed by atoms with Gasteiger partial charge in [-0.1, -0.05) is 75.3 Å². The second-order valence-electron chi connectivity index (χ2n) is 10.7. The van der Waals surface area contributed by atoms with Crippen LogP contribution in [0.5, 0.6) is 0 Å². The molecule has 0 aliphatic rings. The first-order valence-corrected chi connectivity index (χ1v) is 15.6. The molecule has 8 nitrogen and oxygen atoms in total. The molecule has 2 aromatic rings. The molecule has 0 fully saturated rings. The highest BCUT2D eigenvalue weighted by Crippen LogP contribution is 2.14. The van der Waals surface area contributed by atoms with Gasteiger partial charge in [0.25, 0.3) is 0 Å². The summed E-state index contributed by atoms with van der Waals surface area (Å²) < 4.78 is 0. The molecule has 0 heterocycles.